The van der Waals surface area contributed by atoms with Crippen molar-refractivity contribution in [2.75, 3.05) is 13.1 Å². The summed E-state index contributed by atoms with van der Waals surface area (Å²) < 4.78 is 0. The third kappa shape index (κ3) is 4.97. The van der Waals surface area contributed by atoms with Gasteiger partial charge in [0.1, 0.15) is 0 Å². The van der Waals surface area contributed by atoms with Crippen molar-refractivity contribution in [2.24, 2.45) is 5.73 Å². The molecule has 2 atom stereocenters. The molecule has 0 saturated carbocycles. The Labute approximate surface area is 108 Å². The Morgan fingerprint density at radius 2 is 2.00 bits per heavy atom. The van der Waals surface area contributed by atoms with Crippen molar-refractivity contribution < 1.29 is 0 Å². The van der Waals surface area contributed by atoms with Crippen molar-refractivity contribution in [1.29, 1.82) is 0 Å². The zero-order valence-corrected chi connectivity index (χ0v) is 12.0. The molecule has 2 N–H and O–H groups in total. The Bertz CT molecular complexity index is 182. The zero-order chi connectivity index (χ0) is 12.5. The van der Waals surface area contributed by atoms with E-state index in [1.54, 1.807) is 0 Å². The molecule has 0 aliphatic carbocycles. The summed E-state index contributed by atoms with van der Waals surface area (Å²) in [7, 11) is 0. The highest BCUT2D eigenvalue weighted by atomic mass is 15.2. The molecule has 17 heavy (non-hydrogen) atoms. The van der Waals surface area contributed by atoms with Crippen molar-refractivity contribution in [1.82, 2.24) is 4.90 Å². The number of nitrogens with zero attached hydrogens (tertiary/aromatic N) is 1. The summed E-state index contributed by atoms with van der Waals surface area (Å²) >= 11 is 0. The minimum atomic E-state index is 0.650. The largest absolute Gasteiger partial charge is 0.329 e. The van der Waals surface area contributed by atoms with Gasteiger partial charge in [-0.3, -0.25) is 4.90 Å². The standard InChI is InChI=1S/C15H32N2/c1-3-5-6-7-11-15(13-16)17-12-9-8-10-14(17)4-2/h14-15H,3-13,16H2,1-2H3. The number of rotatable bonds is 8. The quantitative estimate of drug-likeness (QED) is 0.657. The smallest absolute Gasteiger partial charge is 0.0221 e. The van der Waals surface area contributed by atoms with Crippen LogP contribution in [0, 0.1) is 0 Å². The Morgan fingerprint density at radius 1 is 1.18 bits per heavy atom. The lowest BCUT2D eigenvalue weighted by molar-refractivity contribution is 0.0888. The van der Waals surface area contributed by atoms with Crippen LogP contribution in [0.15, 0.2) is 0 Å². The van der Waals surface area contributed by atoms with Crippen LogP contribution in [-0.2, 0) is 0 Å². The number of hydrogen-bond donors (Lipinski definition) is 1. The summed E-state index contributed by atoms with van der Waals surface area (Å²) in [4.78, 5) is 2.72. The Hall–Kier alpha value is -0.0800. The van der Waals surface area contributed by atoms with Gasteiger partial charge in [0.05, 0.1) is 0 Å². The predicted octanol–water partition coefficient (Wildman–Crippen LogP) is 3.55. The third-order valence-corrected chi connectivity index (χ3v) is 4.28. The van der Waals surface area contributed by atoms with Gasteiger partial charge in [0.25, 0.3) is 0 Å². The number of likely N-dealkylation sites (tertiary alicyclic amines) is 1. The molecule has 1 heterocycles. The van der Waals surface area contributed by atoms with Gasteiger partial charge in [-0.15, -0.1) is 0 Å². The highest BCUT2D eigenvalue weighted by Gasteiger charge is 2.26. The molecular weight excluding hydrogens is 208 g/mol. The fraction of sp³-hybridized carbons (Fsp3) is 1.00. The van der Waals surface area contributed by atoms with Crippen molar-refractivity contribution in [3.05, 3.63) is 0 Å². The second kappa shape index (κ2) is 8.93. The molecule has 2 heteroatoms. The molecule has 0 bridgehead atoms. The van der Waals surface area contributed by atoms with E-state index in [0.29, 0.717) is 6.04 Å². The van der Waals surface area contributed by atoms with Crippen LogP contribution in [0.25, 0.3) is 0 Å². The van der Waals surface area contributed by atoms with Crippen LogP contribution in [0.3, 0.4) is 0 Å². The molecule has 102 valence electrons. The molecule has 0 aromatic carbocycles. The average Bonchev–Trinajstić information content (AvgIpc) is 2.39. The van der Waals surface area contributed by atoms with E-state index in [1.165, 1.54) is 64.3 Å². The Morgan fingerprint density at radius 3 is 2.65 bits per heavy atom. The second-order valence-corrected chi connectivity index (χ2v) is 5.53. The van der Waals surface area contributed by atoms with Gasteiger partial charge in [0, 0.05) is 18.6 Å². The molecule has 2 unspecified atom stereocenters. The van der Waals surface area contributed by atoms with E-state index in [9.17, 15) is 0 Å². The van der Waals surface area contributed by atoms with E-state index >= 15 is 0 Å². The molecule has 1 aliphatic heterocycles. The van der Waals surface area contributed by atoms with Crippen LogP contribution in [0.5, 0.6) is 0 Å². The molecule has 0 amide bonds. The molecule has 2 nitrogen and oxygen atoms in total. The molecular formula is C15H32N2. The summed E-state index contributed by atoms with van der Waals surface area (Å²) in [6.45, 7) is 6.74. The number of unbranched alkanes of at least 4 members (excludes halogenated alkanes) is 3. The van der Waals surface area contributed by atoms with Gasteiger partial charge in [0.2, 0.25) is 0 Å². The SMILES string of the molecule is CCCCCCC(CN)N1CCCCC1CC. The molecule has 1 rings (SSSR count). The third-order valence-electron chi connectivity index (χ3n) is 4.28. The number of nitrogens with two attached hydrogens (primary N) is 1. The highest BCUT2D eigenvalue weighted by Crippen LogP contribution is 2.23. The van der Waals surface area contributed by atoms with Crippen LogP contribution in [0.4, 0.5) is 0 Å². The fourth-order valence-corrected chi connectivity index (χ4v) is 3.17. The fourth-order valence-electron chi connectivity index (χ4n) is 3.17. The Kier molecular flexibility index (Phi) is 7.87. The summed E-state index contributed by atoms with van der Waals surface area (Å²) in [5.41, 5.74) is 5.99. The first-order valence-electron chi connectivity index (χ1n) is 7.79. The average molecular weight is 240 g/mol. The van der Waals surface area contributed by atoms with Crippen molar-refractivity contribution in [3.63, 3.8) is 0 Å². The topological polar surface area (TPSA) is 29.3 Å². The van der Waals surface area contributed by atoms with E-state index in [4.69, 9.17) is 5.73 Å². The summed E-state index contributed by atoms with van der Waals surface area (Å²) in [5.74, 6) is 0. The monoisotopic (exact) mass is 240 g/mol. The first-order chi connectivity index (χ1) is 8.33. The molecule has 0 spiro atoms. The van der Waals surface area contributed by atoms with Gasteiger partial charge >= 0.3 is 0 Å². The van der Waals surface area contributed by atoms with Gasteiger partial charge in [0.15, 0.2) is 0 Å². The normalized spacial score (nSPS) is 23.8. The van der Waals surface area contributed by atoms with E-state index in [0.717, 1.165) is 12.6 Å². The molecule has 0 aromatic rings. The van der Waals surface area contributed by atoms with Crippen LogP contribution in [0.1, 0.15) is 71.6 Å². The molecule has 1 aliphatic rings. The lowest BCUT2D eigenvalue weighted by atomic mass is 9.95. The minimum Gasteiger partial charge on any atom is -0.329 e. The van der Waals surface area contributed by atoms with Crippen LogP contribution in [0.2, 0.25) is 0 Å². The van der Waals surface area contributed by atoms with Gasteiger partial charge in [-0.1, -0.05) is 46.0 Å². The minimum absolute atomic E-state index is 0.650. The van der Waals surface area contributed by atoms with Gasteiger partial charge in [-0.2, -0.15) is 0 Å². The van der Waals surface area contributed by atoms with Crippen LogP contribution in [-0.4, -0.2) is 30.1 Å². The summed E-state index contributed by atoms with van der Waals surface area (Å²) in [6, 6.07) is 1.46. The Balaban J connectivity index is 2.35. The molecule has 1 fully saturated rings. The van der Waals surface area contributed by atoms with E-state index in [-0.39, 0.29) is 0 Å². The predicted molar refractivity (Wildman–Crippen MR) is 76.2 cm³/mol. The van der Waals surface area contributed by atoms with E-state index in [1.807, 2.05) is 0 Å². The summed E-state index contributed by atoms with van der Waals surface area (Å²) in [6.07, 6.45) is 12.3. The van der Waals surface area contributed by atoms with E-state index in [2.05, 4.69) is 18.7 Å². The number of piperidine rings is 1. The highest BCUT2D eigenvalue weighted by molar-refractivity contribution is 4.82. The van der Waals surface area contributed by atoms with Gasteiger partial charge in [-0.25, -0.2) is 0 Å². The lowest BCUT2D eigenvalue weighted by Crippen LogP contribution is -2.49. The summed E-state index contributed by atoms with van der Waals surface area (Å²) in [5, 5.41) is 0. The van der Waals surface area contributed by atoms with Crippen molar-refractivity contribution in [2.45, 2.75) is 83.7 Å². The first-order valence-corrected chi connectivity index (χ1v) is 7.79. The van der Waals surface area contributed by atoms with E-state index < -0.39 is 0 Å². The maximum atomic E-state index is 5.99. The maximum Gasteiger partial charge on any atom is 0.0221 e. The second-order valence-electron chi connectivity index (χ2n) is 5.53. The van der Waals surface area contributed by atoms with Crippen molar-refractivity contribution >= 4 is 0 Å². The number of hydrogen-bond acceptors (Lipinski definition) is 2. The van der Waals surface area contributed by atoms with Crippen molar-refractivity contribution in [3.8, 4) is 0 Å². The van der Waals surface area contributed by atoms with Crippen LogP contribution < -0.4 is 5.73 Å². The molecule has 0 aromatic heterocycles. The van der Waals surface area contributed by atoms with Gasteiger partial charge < -0.3 is 5.73 Å². The van der Waals surface area contributed by atoms with Gasteiger partial charge in [-0.05, 0) is 32.2 Å². The molecule has 0 radical (unpaired) electrons. The lowest BCUT2D eigenvalue weighted by Gasteiger charge is -2.40. The first kappa shape index (κ1) is 15.0. The zero-order valence-electron chi connectivity index (χ0n) is 12.0. The maximum absolute atomic E-state index is 5.99. The van der Waals surface area contributed by atoms with Crippen LogP contribution >= 0.6 is 0 Å². The molecule has 1 saturated heterocycles.